The van der Waals surface area contributed by atoms with E-state index in [0.717, 1.165) is 29.4 Å². The van der Waals surface area contributed by atoms with E-state index in [4.69, 9.17) is 10.7 Å². The maximum Gasteiger partial charge on any atom is 0.149 e. The molecule has 0 radical (unpaired) electrons. The van der Waals surface area contributed by atoms with Crippen molar-refractivity contribution in [1.82, 2.24) is 14.9 Å². The summed E-state index contributed by atoms with van der Waals surface area (Å²) in [6.45, 7) is 1.06. The van der Waals surface area contributed by atoms with Crippen molar-refractivity contribution in [2.24, 2.45) is 0 Å². The average molecular weight is 286 g/mol. The molecule has 0 spiro atoms. The Bertz CT molecular complexity index is 588. The Morgan fingerprint density at radius 1 is 1.25 bits per heavy atom. The fourth-order valence-electron chi connectivity index (χ4n) is 2.35. The zero-order chi connectivity index (χ0) is 13.9. The van der Waals surface area contributed by atoms with E-state index in [9.17, 15) is 0 Å². The van der Waals surface area contributed by atoms with E-state index < -0.39 is 0 Å². The molecule has 2 heterocycles. The van der Waals surface area contributed by atoms with E-state index in [1.54, 1.807) is 0 Å². The molecular weight excluding hydrogens is 268 g/mol. The van der Waals surface area contributed by atoms with Crippen molar-refractivity contribution < 1.29 is 0 Å². The largest absolute Gasteiger partial charge is 0.384 e. The van der Waals surface area contributed by atoms with Crippen molar-refractivity contribution in [2.75, 3.05) is 30.8 Å². The molecule has 1 aromatic heterocycles. The Balaban J connectivity index is 1.98. The number of nitrogen functional groups attached to an aromatic ring is 1. The second-order valence-electron chi connectivity index (χ2n) is 4.97. The van der Waals surface area contributed by atoms with Crippen LogP contribution in [0.5, 0.6) is 0 Å². The topological polar surface area (TPSA) is 55.0 Å². The predicted molar refractivity (Wildman–Crippen MR) is 84.6 cm³/mol. The van der Waals surface area contributed by atoms with Crippen LogP contribution >= 0.6 is 11.8 Å². The standard InChI is InChI=1S/C15H18N4S/c1-19-7-8-20-10-13(19)15-17-12(9-14(16)18-15)11-5-3-2-4-6-11/h2-6,9,13H,7-8,10H2,1H3,(H2,16,17,18). The summed E-state index contributed by atoms with van der Waals surface area (Å²) in [5, 5.41) is 0. The molecule has 1 atom stereocenters. The minimum absolute atomic E-state index is 0.250. The summed E-state index contributed by atoms with van der Waals surface area (Å²) in [5.74, 6) is 3.56. The van der Waals surface area contributed by atoms with Crippen molar-refractivity contribution in [2.45, 2.75) is 6.04 Å². The van der Waals surface area contributed by atoms with Crippen LogP contribution in [0.3, 0.4) is 0 Å². The van der Waals surface area contributed by atoms with Crippen LogP contribution in [-0.4, -0.2) is 40.0 Å². The smallest absolute Gasteiger partial charge is 0.149 e. The lowest BCUT2D eigenvalue weighted by atomic mass is 10.1. The normalized spacial score (nSPS) is 19.9. The molecule has 0 saturated carbocycles. The van der Waals surface area contributed by atoms with Gasteiger partial charge in [-0.05, 0) is 7.05 Å². The molecular formula is C15H18N4S. The molecule has 1 unspecified atom stereocenters. The summed E-state index contributed by atoms with van der Waals surface area (Å²) >= 11 is 1.95. The highest BCUT2D eigenvalue weighted by molar-refractivity contribution is 7.99. The van der Waals surface area contributed by atoms with Gasteiger partial charge in [0, 0.05) is 29.7 Å². The van der Waals surface area contributed by atoms with Crippen LogP contribution in [0.25, 0.3) is 11.3 Å². The Labute approximate surface area is 123 Å². The molecule has 20 heavy (non-hydrogen) atoms. The van der Waals surface area contributed by atoms with E-state index in [-0.39, 0.29) is 6.04 Å². The summed E-state index contributed by atoms with van der Waals surface area (Å²) in [6.07, 6.45) is 0. The van der Waals surface area contributed by atoms with Gasteiger partial charge in [-0.2, -0.15) is 11.8 Å². The summed E-state index contributed by atoms with van der Waals surface area (Å²) in [6, 6.07) is 12.2. The van der Waals surface area contributed by atoms with Crippen LogP contribution in [0.15, 0.2) is 36.4 Å². The molecule has 1 aromatic carbocycles. The summed E-state index contributed by atoms with van der Waals surface area (Å²) in [4.78, 5) is 11.5. The third kappa shape index (κ3) is 2.78. The van der Waals surface area contributed by atoms with E-state index in [2.05, 4.69) is 16.9 Å². The van der Waals surface area contributed by atoms with Crippen LogP contribution in [0, 0.1) is 0 Å². The highest BCUT2D eigenvalue weighted by Gasteiger charge is 2.24. The maximum atomic E-state index is 5.97. The summed E-state index contributed by atoms with van der Waals surface area (Å²) in [5.41, 5.74) is 7.95. The molecule has 1 aliphatic rings. The Hall–Kier alpha value is -1.59. The molecule has 5 heteroatoms. The second-order valence-corrected chi connectivity index (χ2v) is 6.12. The van der Waals surface area contributed by atoms with Gasteiger partial charge in [0.25, 0.3) is 0 Å². The lowest BCUT2D eigenvalue weighted by molar-refractivity contribution is 0.265. The minimum Gasteiger partial charge on any atom is -0.384 e. The van der Waals surface area contributed by atoms with Crippen LogP contribution in [-0.2, 0) is 0 Å². The second kappa shape index (κ2) is 5.81. The summed E-state index contributed by atoms with van der Waals surface area (Å²) in [7, 11) is 2.12. The predicted octanol–water partition coefficient (Wildman–Crippen LogP) is 2.45. The van der Waals surface area contributed by atoms with E-state index >= 15 is 0 Å². The molecule has 0 amide bonds. The van der Waals surface area contributed by atoms with Gasteiger partial charge < -0.3 is 5.73 Å². The number of hydrogen-bond donors (Lipinski definition) is 1. The van der Waals surface area contributed by atoms with Crippen LogP contribution in [0.4, 0.5) is 5.82 Å². The molecule has 0 aliphatic carbocycles. The zero-order valence-corrected chi connectivity index (χ0v) is 12.3. The number of nitrogens with zero attached hydrogens (tertiary/aromatic N) is 3. The summed E-state index contributed by atoms with van der Waals surface area (Å²) < 4.78 is 0. The van der Waals surface area contributed by atoms with Crippen LogP contribution in [0.1, 0.15) is 11.9 Å². The first-order valence-electron chi connectivity index (χ1n) is 6.72. The Morgan fingerprint density at radius 3 is 2.80 bits per heavy atom. The minimum atomic E-state index is 0.250. The first-order chi connectivity index (χ1) is 9.74. The third-order valence-electron chi connectivity index (χ3n) is 3.53. The number of anilines is 1. The monoisotopic (exact) mass is 286 g/mol. The number of nitrogens with two attached hydrogens (primary N) is 1. The number of thioether (sulfide) groups is 1. The van der Waals surface area contributed by atoms with Crippen molar-refractivity contribution >= 4 is 17.6 Å². The fourth-order valence-corrected chi connectivity index (χ4v) is 3.56. The number of aromatic nitrogens is 2. The lowest BCUT2D eigenvalue weighted by Gasteiger charge is -2.31. The van der Waals surface area contributed by atoms with Crippen LogP contribution in [0.2, 0.25) is 0 Å². The SMILES string of the molecule is CN1CCSCC1c1nc(N)cc(-c2ccccc2)n1. The average Bonchev–Trinajstić information content (AvgIpc) is 2.48. The number of rotatable bonds is 2. The molecule has 2 N–H and O–H groups in total. The number of hydrogen-bond acceptors (Lipinski definition) is 5. The fraction of sp³-hybridized carbons (Fsp3) is 0.333. The van der Waals surface area contributed by atoms with E-state index in [1.165, 1.54) is 5.75 Å². The zero-order valence-electron chi connectivity index (χ0n) is 11.5. The Kier molecular flexibility index (Phi) is 3.89. The molecule has 2 aromatic rings. The van der Waals surface area contributed by atoms with Crippen molar-refractivity contribution in [3.05, 3.63) is 42.2 Å². The highest BCUT2D eigenvalue weighted by Crippen LogP contribution is 2.28. The van der Waals surface area contributed by atoms with E-state index in [1.807, 2.05) is 48.2 Å². The van der Waals surface area contributed by atoms with Gasteiger partial charge in [-0.1, -0.05) is 30.3 Å². The number of benzene rings is 1. The van der Waals surface area contributed by atoms with Crippen molar-refractivity contribution in [1.29, 1.82) is 0 Å². The molecule has 1 aliphatic heterocycles. The van der Waals surface area contributed by atoms with Gasteiger partial charge in [0.05, 0.1) is 11.7 Å². The maximum absolute atomic E-state index is 5.97. The molecule has 4 nitrogen and oxygen atoms in total. The van der Waals surface area contributed by atoms with Gasteiger partial charge in [0.15, 0.2) is 0 Å². The van der Waals surface area contributed by atoms with Gasteiger partial charge >= 0.3 is 0 Å². The van der Waals surface area contributed by atoms with Crippen molar-refractivity contribution in [3.63, 3.8) is 0 Å². The van der Waals surface area contributed by atoms with E-state index in [0.29, 0.717) is 5.82 Å². The van der Waals surface area contributed by atoms with Crippen molar-refractivity contribution in [3.8, 4) is 11.3 Å². The molecule has 1 saturated heterocycles. The third-order valence-corrected chi connectivity index (χ3v) is 4.55. The quantitative estimate of drug-likeness (QED) is 0.919. The van der Waals surface area contributed by atoms with Gasteiger partial charge in [0.2, 0.25) is 0 Å². The molecule has 104 valence electrons. The Morgan fingerprint density at radius 2 is 2.05 bits per heavy atom. The van der Waals surface area contributed by atoms with Gasteiger partial charge in [-0.25, -0.2) is 9.97 Å². The molecule has 3 rings (SSSR count). The molecule has 1 fully saturated rings. The lowest BCUT2D eigenvalue weighted by Crippen LogP contribution is -2.34. The molecule has 0 bridgehead atoms. The van der Waals surface area contributed by atoms with Crippen LogP contribution < -0.4 is 5.73 Å². The first kappa shape index (κ1) is 13.4. The first-order valence-corrected chi connectivity index (χ1v) is 7.87. The highest BCUT2D eigenvalue weighted by atomic mass is 32.2. The van der Waals surface area contributed by atoms with Gasteiger partial charge in [-0.15, -0.1) is 0 Å². The van der Waals surface area contributed by atoms with Gasteiger partial charge in [0.1, 0.15) is 11.6 Å². The van der Waals surface area contributed by atoms with Gasteiger partial charge in [-0.3, -0.25) is 4.90 Å².